The van der Waals surface area contributed by atoms with Gasteiger partial charge >= 0.3 is 6.18 Å². The minimum Gasteiger partial charge on any atom is -0.324 e. The van der Waals surface area contributed by atoms with Gasteiger partial charge in [0.15, 0.2) is 0 Å². The average molecular weight is 330 g/mol. The summed E-state index contributed by atoms with van der Waals surface area (Å²) >= 11 is 0. The van der Waals surface area contributed by atoms with Gasteiger partial charge in [-0.1, -0.05) is 60.7 Å². The topological polar surface area (TPSA) is 34.9 Å². The van der Waals surface area contributed by atoms with E-state index in [1.54, 1.807) is 60.7 Å². The Morgan fingerprint density at radius 3 is 1.92 bits per heavy atom. The average Bonchev–Trinajstić information content (AvgIpc) is 2.92. The molecule has 1 heterocycles. The van der Waals surface area contributed by atoms with Crippen LogP contribution in [0, 0.1) is 0 Å². The van der Waals surface area contributed by atoms with Crippen LogP contribution in [-0.4, -0.2) is 21.5 Å². The van der Waals surface area contributed by atoms with Gasteiger partial charge in [-0.2, -0.15) is 13.2 Å². The normalized spacial score (nSPS) is 11.5. The summed E-state index contributed by atoms with van der Waals surface area (Å²) in [6.07, 6.45) is -4.97. The summed E-state index contributed by atoms with van der Waals surface area (Å²) in [7, 11) is 1.42. The SMILES string of the molecule is Cn1c(-c2ccccc2)nc(-c2ccccc2)c1C(=O)C(F)(F)F. The summed E-state index contributed by atoms with van der Waals surface area (Å²) in [6.45, 7) is 0. The van der Waals surface area contributed by atoms with Crippen LogP contribution in [-0.2, 0) is 7.05 Å². The number of aromatic nitrogens is 2. The van der Waals surface area contributed by atoms with Gasteiger partial charge in [-0.3, -0.25) is 4.79 Å². The monoisotopic (exact) mass is 330 g/mol. The highest BCUT2D eigenvalue weighted by Gasteiger charge is 2.43. The molecular formula is C18H13F3N2O. The van der Waals surface area contributed by atoms with E-state index in [1.165, 1.54) is 11.6 Å². The summed E-state index contributed by atoms with van der Waals surface area (Å²) < 4.78 is 40.3. The molecule has 2 aromatic carbocycles. The molecule has 0 atom stereocenters. The Balaban J connectivity index is 2.26. The van der Waals surface area contributed by atoms with E-state index in [4.69, 9.17) is 0 Å². The van der Waals surface area contributed by atoms with E-state index < -0.39 is 17.7 Å². The number of Topliss-reactive ketones (excluding diaryl/α,β-unsaturated/α-hetero) is 1. The molecule has 0 fully saturated rings. The highest BCUT2D eigenvalue weighted by Crippen LogP contribution is 2.32. The largest absolute Gasteiger partial charge is 0.456 e. The van der Waals surface area contributed by atoms with Crippen molar-refractivity contribution in [2.75, 3.05) is 0 Å². The molecule has 3 rings (SSSR count). The standard InChI is InChI=1S/C18H13F3N2O/c1-23-15(16(24)18(19,20)21)14(12-8-4-2-5-9-12)22-17(23)13-10-6-3-7-11-13/h2-11H,1H3. The molecule has 0 aliphatic heterocycles. The lowest BCUT2D eigenvalue weighted by molar-refractivity contribution is -0.0889. The molecule has 0 saturated carbocycles. The number of rotatable bonds is 3. The molecule has 0 bridgehead atoms. The van der Waals surface area contributed by atoms with Gasteiger partial charge in [0, 0.05) is 18.2 Å². The number of nitrogens with zero attached hydrogens (tertiary/aromatic N) is 2. The van der Waals surface area contributed by atoms with E-state index in [1.807, 2.05) is 0 Å². The molecule has 6 heteroatoms. The molecule has 0 unspecified atom stereocenters. The Labute approximate surface area is 136 Å². The first-order valence-electron chi connectivity index (χ1n) is 7.18. The Morgan fingerprint density at radius 1 is 0.917 bits per heavy atom. The van der Waals surface area contributed by atoms with Crippen molar-refractivity contribution in [2.45, 2.75) is 6.18 Å². The summed E-state index contributed by atoms with van der Waals surface area (Å²) in [4.78, 5) is 16.3. The van der Waals surface area contributed by atoms with E-state index in [2.05, 4.69) is 4.98 Å². The first-order chi connectivity index (χ1) is 11.4. The number of benzene rings is 2. The van der Waals surface area contributed by atoms with Crippen molar-refractivity contribution in [3.63, 3.8) is 0 Å². The minimum atomic E-state index is -4.97. The van der Waals surface area contributed by atoms with Crippen molar-refractivity contribution < 1.29 is 18.0 Å². The Kier molecular flexibility index (Phi) is 3.97. The van der Waals surface area contributed by atoms with Gasteiger partial charge in [0.2, 0.25) is 0 Å². The van der Waals surface area contributed by atoms with Gasteiger partial charge in [-0.15, -0.1) is 0 Å². The highest BCUT2D eigenvalue weighted by atomic mass is 19.4. The van der Waals surface area contributed by atoms with Gasteiger partial charge in [-0.25, -0.2) is 4.98 Å². The molecular weight excluding hydrogens is 317 g/mol. The minimum absolute atomic E-state index is 0.0271. The lowest BCUT2D eigenvalue weighted by atomic mass is 10.1. The van der Waals surface area contributed by atoms with Gasteiger partial charge in [0.1, 0.15) is 17.2 Å². The molecule has 122 valence electrons. The summed E-state index contributed by atoms with van der Waals surface area (Å²) in [5, 5.41) is 0. The first-order valence-corrected chi connectivity index (χ1v) is 7.18. The molecule has 24 heavy (non-hydrogen) atoms. The van der Waals surface area contributed by atoms with Crippen LogP contribution in [0.25, 0.3) is 22.6 Å². The Morgan fingerprint density at radius 2 is 1.42 bits per heavy atom. The number of hydrogen-bond donors (Lipinski definition) is 0. The van der Waals surface area contributed by atoms with Crippen LogP contribution in [0.5, 0.6) is 0 Å². The van der Waals surface area contributed by atoms with Crippen LogP contribution in [0.2, 0.25) is 0 Å². The smallest absolute Gasteiger partial charge is 0.324 e. The molecule has 0 aliphatic rings. The second-order valence-electron chi connectivity index (χ2n) is 5.25. The van der Waals surface area contributed by atoms with Gasteiger partial charge in [0.05, 0.1) is 0 Å². The van der Waals surface area contributed by atoms with Crippen LogP contribution in [0.4, 0.5) is 13.2 Å². The lowest BCUT2D eigenvalue weighted by Crippen LogP contribution is -2.25. The van der Waals surface area contributed by atoms with Crippen LogP contribution < -0.4 is 0 Å². The predicted molar refractivity (Wildman–Crippen MR) is 84.5 cm³/mol. The van der Waals surface area contributed by atoms with Crippen molar-refractivity contribution in [3.8, 4) is 22.6 Å². The van der Waals surface area contributed by atoms with Gasteiger partial charge < -0.3 is 4.57 Å². The first kappa shape index (κ1) is 16.0. The quantitative estimate of drug-likeness (QED) is 0.663. The van der Waals surface area contributed by atoms with Crippen molar-refractivity contribution in [1.29, 1.82) is 0 Å². The molecule has 0 saturated heterocycles. The fraction of sp³-hybridized carbons (Fsp3) is 0.111. The van der Waals surface area contributed by atoms with Crippen LogP contribution in [0.1, 0.15) is 10.5 Å². The molecule has 3 nitrogen and oxygen atoms in total. The maximum absolute atomic E-state index is 13.0. The molecule has 0 N–H and O–H groups in total. The fourth-order valence-corrected chi connectivity index (χ4v) is 2.54. The number of halogens is 3. The van der Waals surface area contributed by atoms with Crippen LogP contribution >= 0.6 is 0 Å². The van der Waals surface area contributed by atoms with Crippen molar-refractivity contribution in [2.24, 2.45) is 7.05 Å². The zero-order valence-electron chi connectivity index (χ0n) is 12.7. The molecule has 1 aromatic heterocycles. The second kappa shape index (κ2) is 5.96. The predicted octanol–water partition coefficient (Wildman–Crippen LogP) is 4.50. The van der Waals surface area contributed by atoms with E-state index >= 15 is 0 Å². The molecule has 3 aromatic rings. The Bertz CT molecular complexity index is 869. The summed E-state index contributed by atoms with van der Waals surface area (Å²) in [6, 6.07) is 17.2. The van der Waals surface area contributed by atoms with Gasteiger partial charge in [0.25, 0.3) is 5.78 Å². The number of ketones is 1. The number of carbonyl (C=O) groups is 1. The number of hydrogen-bond acceptors (Lipinski definition) is 2. The van der Waals surface area contributed by atoms with E-state index in [0.717, 1.165) is 0 Å². The molecule has 0 spiro atoms. The zero-order valence-corrected chi connectivity index (χ0v) is 12.7. The van der Waals surface area contributed by atoms with Crippen molar-refractivity contribution in [3.05, 3.63) is 66.4 Å². The molecule has 0 radical (unpaired) electrons. The number of imidazole rings is 1. The molecule has 0 aliphatic carbocycles. The second-order valence-corrected chi connectivity index (χ2v) is 5.25. The number of carbonyl (C=O) groups excluding carboxylic acids is 1. The third kappa shape index (κ3) is 2.82. The molecule has 0 amide bonds. The maximum atomic E-state index is 13.0. The van der Waals surface area contributed by atoms with Crippen LogP contribution in [0.3, 0.4) is 0 Å². The summed E-state index contributed by atoms with van der Waals surface area (Å²) in [5.74, 6) is -1.60. The zero-order chi connectivity index (χ0) is 17.3. The van der Waals surface area contributed by atoms with Crippen molar-refractivity contribution in [1.82, 2.24) is 9.55 Å². The van der Waals surface area contributed by atoms with E-state index in [0.29, 0.717) is 17.0 Å². The number of alkyl halides is 3. The van der Waals surface area contributed by atoms with Gasteiger partial charge in [-0.05, 0) is 0 Å². The van der Waals surface area contributed by atoms with Crippen molar-refractivity contribution >= 4 is 5.78 Å². The lowest BCUT2D eigenvalue weighted by Gasteiger charge is -2.09. The Hall–Kier alpha value is -2.89. The third-order valence-electron chi connectivity index (χ3n) is 3.65. The van der Waals surface area contributed by atoms with E-state index in [9.17, 15) is 18.0 Å². The third-order valence-corrected chi connectivity index (χ3v) is 3.65. The van der Waals surface area contributed by atoms with Crippen LogP contribution in [0.15, 0.2) is 60.7 Å². The highest BCUT2D eigenvalue weighted by molar-refractivity contribution is 6.04. The fourth-order valence-electron chi connectivity index (χ4n) is 2.54. The summed E-state index contributed by atoms with van der Waals surface area (Å²) in [5.41, 5.74) is 0.660. The maximum Gasteiger partial charge on any atom is 0.456 e. The van der Waals surface area contributed by atoms with E-state index in [-0.39, 0.29) is 5.69 Å².